The molecule has 1 aliphatic rings. The predicted octanol–water partition coefficient (Wildman–Crippen LogP) is 3.73. The molecule has 2 N–H and O–H groups in total. The summed E-state index contributed by atoms with van der Waals surface area (Å²) >= 11 is 0. The maximum absolute atomic E-state index is 12.4. The van der Waals surface area contributed by atoms with E-state index >= 15 is 0 Å². The topological polar surface area (TPSA) is 38.9 Å². The van der Waals surface area contributed by atoms with Crippen LogP contribution in [0, 0.1) is 0 Å². The van der Waals surface area contributed by atoms with Gasteiger partial charge in [0.15, 0.2) is 0 Å². The summed E-state index contributed by atoms with van der Waals surface area (Å²) in [5, 5.41) is 0. The first-order valence-corrected chi connectivity index (χ1v) is 5.81. The Morgan fingerprint density at radius 1 is 1.18 bits per heavy atom. The van der Waals surface area contributed by atoms with Gasteiger partial charge in [-0.1, -0.05) is 19.3 Å². The number of nitrogens with two attached hydrogens (primary N) is 1. The molecule has 0 bridgehead atoms. The number of rotatable bonds is 1. The average molecular weight is 244 g/mol. The van der Waals surface area contributed by atoms with Gasteiger partial charge in [0.2, 0.25) is 0 Å². The van der Waals surface area contributed by atoms with E-state index in [-0.39, 0.29) is 11.6 Å². The molecule has 0 aromatic carbocycles. The van der Waals surface area contributed by atoms with E-state index in [2.05, 4.69) is 4.98 Å². The van der Waals surface area contributed by atoms with Crippen molar-refractivity contribution in [3.8, 4) is 0 Å². The second-order valence-corrected chi connectivity index (χ2v) is 4.53. The van der Waals surface area contributed by atoms with E-state index < -0.39 is 11.7 Å². The normalized spacial score (nSPS) is 18.3. The third-order valence-corrected chi connectivity index (χ3v) is 3.27. The summed E-state index contributed by atoms with van der Waals surface area (Å²) in [4.78, 5) is 3.92. The lowest BCUT2D eigenvalue weighted by molar-refractivity contribution is -0.137. The predicted molar refractivity (Wildman–Crippen MR) is 59.5 cm³/mol. The molecule has 0 aliphatic heterocycles. The Morgan fingerprint density at radius 3 is 2.35 bits per heavy atom. The maximum atomic E-state index is 12.4. The quantitative estimate of drug-likeness (QED) is 0.817. The standard InChI is InChI=1S/C12H15F3N2/c13-12(14,15)9-6-10(16)11(17-7-9)8-4-2-1-3-5-8/h6-8H,1-5,16H2. The summed E-state index contributed by atoms with van der Waals surface area (Å²) < 4.78 is 37.3. The molecule has 1 aromatic heterocycles. The molecule has 1 saturated carbocycles. The molecule has 1 aromatic rings. The molecule has 0 amide bonds. The van der Waals surface area contributed by atoms with E-state index in [0.29, 0.717) is 5.69 Å². The van der Waals surface area contributed by atoms with Crippen molar-refractivity contribution in [2.45, 2.75) is 44.2 Å². The maximum Gasteiger partial charge on any atom is 0.417 e. The van der Waals surface area contributed by atoms with Gasteiger partial charge in [-0.3, -0.25) is 4.98 Å². The zero-order valence-electron chi connectivity index (χ0n) is 9.43. The number of halogens is 3. The largest absolute Gasteiger partial charge is 0.417 e. The fourth-order valence-electron chi connectivity index (χ4n) is 2.36. The average Bonchev–Trinajstić information content (AvgIpc) is 2.29. The lowest BCUT2D eigenvalue weighted by Gasteiger charge is -2.22. The number of hydrogen-bond donors (Lipinski definition) is 1. The minimum atomic E-state index is -4.37. The van der Waals surface area contributed by atoms with E-state index in [1.54, 1.807) is 0 Å². The van der Waals surface area contributed by atoms with Crippen LogP contribution in [0.25, 0.3) is 0 Å². The Hall–Kier alpha value is -1.26. The van der Waals surface area contributed by atoms with Crippen LogP contribution in [0.2, 0.25) is 0 Å². The molecule has 0 radical (unpaired) electrons. The highest BCUT2D eigenvalue weighted by atomic mass is 19.4. The fraction of sp³-hybridized carbons (Fsp3) is 0.583. The first kappa shape index (κ1) is 12.2. The van der Waals surface area contributed by atoms with Gasteiger partial charge in [0, 0.05) is 12.1 Å². The van der Waals surface area contributed by atoms with Crippen LogP contribution in [-0.2, 0) is 6.18 Å². The van der Waals surface area contributed by atoms with Crippen molar-refractivity contribution in [3.05, 3.63) is 23.5 Å². The first-order chi connectivity index (χ1) is 7.98. The molecule has 1 fully saturated rings. The second-order valence-electron chi connectivity index (χ2n) is 4.53. The molecule has 1 heterocycles. The number of alkyl halides is 3. The van der Waals surface area contributed by atoms with Gasteiger partial charge in [-0.25, -0.2) is 0 Å². The van der Waals surface area contributed by atoms with Gasteiger partial charge >= 0.3 is 6.18 Å². The van der Waals surface area contributed by atoms with Gasteiger partial charge in [-0.2, -0.15) is 13.2 Å². The summed E-state index contributed by atoms with van der Waals surface area (Å²) in [5.74, 6) is 0.228. The van der Waals surface area contributed by atoms with Crippen LogP contribution in [0.1, 0.15) is 49.3 Å². The van der Waals surface area contributed by atoms with Gasteiger partial charge in [0.05, 0.1) is 16.9 Å². The van der Waals surface area contributed by atoms with Crippen LogP contribution >= 0.6 is 0 Å². The van der Waals surface area contributed by atoms with Gasteiger partial charge in [-0.05, 0) is 18.9 Å². The van der Waals surface area contributed by atoms with E-state index in [1.165, 1.54) is 6.42 Å². The number of aromatic nitrogens is 1. The Kier molecular flexibility index (Phi) is 3.26. The van der Waals surface area contributed by atoms with E-state index in [4.69, 9.17) is 5.73 Å². The summed E-state index contributed by atoms with van der Waals surface area (Å²) in [6.07, 6.45) is 1.87. The van der Waals surface area contributed by atoms with Gasteiger partial charge < -0.3 is 5.73 Å². The van der Waals surface area contributed by atoms with E-state index in [0.717, 1.165) is 37.9 Å². The summed E-state index contributed by atoms with van der Waals surface area (Å²) in [6.45, 7) is 0. The minimum absolute atomic E-state index is 0.173. The molecule has 0 saturated heterocycles. The van der Waals surface area contributed by atoms with Crippen LogP contribution in [0.5, 0.6) is 0 Å². The zero-order chi connectivity index (χ0) is 12.5. The Balaban J connectivity index is 2.25. The van der Waals surface area contributed by atoms with Crippen molar-refractivity contribution in [1.29, 1.82) is 0 Å². The van der Waals surface area contributed by atoms with Crippen molar-refractivity contribution in [1.82, 2.24) is 4.98 Å². The fourth-order valence-corrected chi connectivity index (χ4v) is 2.36. The smallest absolute Gasteiger partial charge is 0.397 e. The molecular weight excluding hydrogens is 229 g/mol. The highest BCUT2D eigenvalue weighted by Crippen LogP contribution is 2.36. The zero-order valence-corrected chi connectivity index (χ0v) is 9.43. The Bertz CT molecular complexity index is 395. The number of anilines is 1. The number of nitrogens with zero attached hydrogens (tertiary/aromatic N) is 1. The highest BCUT2D eigenvalue weighted by Gasteiger charge is 2.32. The van der Waals surface area contributed by atoms with Gasteiger partial charge in [-0.15, -0.1) is 0 Å². The SMILES string of the molecule is Nc1cc(C(F)(F)F)cnc1C1CCCCC1. The molecule has 1 aliphatic carbocycles. The number of pyridine rings is 1. The molecule has 0 atom stereocenters. The third-order valence-electron chi connectivity index (χ3n) is 3.27. The van der Waals surface area contributed by atoms with Crippen LogP contribution in [0.3, 0.4) is 0 Å². The van der Waals surface area contributed by atoms with Crippen molar-refractivity contribution < 1.29 is 13.2 Å². The number of hydrogen-bond acceptors (Lipinski definition) is 2. The highest BCUT2D eigenvalue weighted by molar-refractivity contribution is 5.47. The van der Waals surface area contributed by atoms with Crippen LogP contribution in [0.4, 0.5) is 18.9 Å². The molecule has 0 spiro atoms. The summed E-state index contributed by atoms with van der Waals surface area (Å²) in [5.41, 5.74) is 5.73. The van der Waals surface area contributed by atoms with Crippen molar-refractivity contribution >= 4 is 5.69 Å². The molecule has 5 heteroatoms. The van der Waals surface area contributed by atoms with E-state index in [1.807, 2.05) is 0 Å². The van der Waals surface area contributed by atoms with Crippen LogP contribution in [-0.4, -0.2) is 4.98 Å². The molecule has 2 nitrogen and oxygen atoms in total. The minimum Gasteiger partial charge on any atom is -0.397 e. The monoisotopic (exact) mass is 244 g/mol. The molecular formula is C12H15F3N2. The van der Waals surface area contributed by atoms with Crippen LogP contribution < -0.4 is 5.73 Å². The lowest BCUT2D eigenvalue weighted by Crippen LogP contribution is -2.12. The van der Waals surface area contributed by atoms with Crippen molar-refractivity contribution in [2.75, 3.05) is 5.73 Å². The van der Waals surface area contributed by atoms with Crippen LogP contribution in [0.15, 0.2) is 12.3 Å². The van der Waals surface area contributed by atoms with Gasteiger partial charge in [0.25, 0.3) is 0 Å². The second kappa shape index (κ2) is 4.55. The van der Waals surface area contributed by atoms with E-state index in [9.17, 15) is 13.2 Å². The summed E-state index contributed by atoms with van der Waals surface area (Å²) in [6, 6.07) is 0.997. The van der Waals surface area contributed by atoms with Gasteiger partial charge in [0.1, 0.15) is 0 Å². The summed E-state index contributed by atoms with van der Waals surface area (Å²) in [7, 11) is 0. The van der Waals surface area contributed by atoms with Crippen molar-refractivity contribution in [2.24, 2.45) is 0 Å². The lowest BCUT2D eigenvalue weighted by atomic mass is 9.86. The Labute approximate surface area is 98.0 Å². The molecule has 17 heavy (non-hydrogen) atoms. The molecule has 94 valence electrons. The van der Waals surface area contributed by atoms with Crippen molar-refractivity contribution in [3.63, 3.8) is 0 Å². The number of nitrogen functional groups attached to an aromatic ring is 1. The third kappa shape index (κ3) is 2.70. The molecule has 2 rings (SSSR count). The molecule has 0 unspecified atom stereocenters. The first-order valence-electron chi connectivity index (χ1n) is 5.81. The Morgan fingerprint density at radius 2 is 1.82 bits per heavy atom.